The molecule has 0 spiro atoms. The average molecular weight is 778 g/mol. The van der Waals surface area contributed by atoms with Gasteiger partial charge < -0.3 is 9.32 Å². The molecule has 0 N–H and O–H groups in total. The van der Waals surface area contributed by atoms with Crippen LogP contribution in [0.5, 0.6) is 0 Å². The van der Waals surface area contributed by atoms with Gasteiger partial charge in [-0.25, -0.2) is 0 Å². The molecule has 2 heteroatoms. The van der Waals surface area contributed by atoms with E-state index in [1.807, 2.05) is 0 Å². The number of benzene rings is 10. The SMILES string of the molecule is c1ccc(-c2ccc(N(c3ccccc3)c3ccc(-c4ccc(C5(c6ccccc6)c6ccccc6-c6ccccc65)c5ccccc45)c4oc5ccccc5c34)cc2)cc1. The highest BCUT2D eigenvalue weighted by molar-refractivity contribution is 6.19. The maximum Gasteiger partial charge on any atom is 0.145 e. The number of furan rings is 1. The Morgan fingerprint density at radius 1 is 0.328 bits per heavy atom. The molecule has 61 heavy (non-hydrogen) atoms. The second-order valence-electron chi connectivity index (χ2n) is 15.9. The van der Waals surface area contributed by atoms with E-state index in [2.05, 4.69) is 241 Å². The quantitative estimate of drug-likeness (QED) is 0.160. The van der Waals surface area contributed by atoms with Crippen LogP contribution in [0.3, 0.4) is 0 Å². The largest absolute Gasteiger partial charge is 0.455 e. The van der Waals surface area contributed by atoms with Gasteiger partial charge in [0.15, 0.2) is 0 Å². The predicted molar refractivity (Wildman–Crippen MR) is 254 cm³/mol. The molecule has 1 aliphatic carbocycles. The van der Waals surface area contributed by atoms with Crippen LogP contribution in [0.15, 0.2) is 241 Å². The van der Waals surface area contributed by atoms with Crippen molar-refractivity contribution >= 4 is 49.8 Å². The summed E-state index contributed by atoms with van der Waals surface area (Å²) in [6.07, 6.45) is 0. The van der Waals surface area contributed by atoms with E-state index in [9.17, 15) is 0 Å². The maximum absolute atomic E-state index is 7.01. The van der Waals surface area contributed by atoms with Gasteiger partial charge in [0.1, 0.15) is 11.2 Å². The van der Waals surface area contributed by atoms with Gasteiger partial charge in [-0.3, -0.25) is 0 Å². The lowest BCUT2D eigenvalue weighted by molar-refractivity contribution is 0.670. The lowest BCUT2D eigenvalue weighted by Crippen LogP contribution is -2.28. The predicted octanol–water partition coefficient (Wildman–Crippen LogP) is 15.9. The van der Waals surface area contributed by atoms with Gasteiger partial charge in [-0.15, -0.1) is 0 Å². The van der Waals surface area contributed by atoms with Gasteiger partial charge in [-0.2, -0.15) is 0 Å². The van der Waals surface area contributed by atoms with Gasteiger partial charge in [0, 0.05) is 22.3 Å². The molecule has 11 aromatic rings. The minimum atomic E-state index is -0.517. The fourth-order valence-corrected chi connectivity index (χ4v) is 10.2. The number of hydrogen-bond acceptors (Lipinski definition) is 2. The molecule has 0 amide bonds. The molecule has 1 heterocycles. The van der Waals surface area contributed by atoms with Crippen molar-refractivity contribution in [1.82, 2.24) is 0 Å². The summed E-state index contributed by atoms with van der Waals surface area (Å²) in [6.45, 7) is 0. The van der Waals surface area contributed by atoms with Gasteiger partial charge in [-0.05, 0) is 103 Å². The first kappa shape index (κ1) is 35.0. The molecule has 2 nitrogen and oxygen atoms in total. The number of anilines is 3. The molecular formula is C59H39NO. The highest BCUT2D eigenvalue weighted by Gasteiger charge is 2.46. The van der Waals surface area contributed by atoms with Crippen molar-refractivity contribution in [3.63, 3.8) is 0 Å². The van der Waals surface area contributed by atoms with Crippen molar-refractivity contribution in [2.24, 2.45) is 0 Å². The van der Waals surface area contributed by atoms with E-state index >= 15 is 0 Å². The third-order valence-electron chi connectivity index (χ3n) is 12.8. The highest BCUT2D eigenvalue weighted by atomic mass is 16.3. The van der Waals surface area contributed by atoms with Crippen molar-refractivity contribution in [2.45, 2.75) is 5.41 Å². The second-order valence-corrected chi connectivity index (χ2v) is 15.9. The monoisotopic (exact) mass is 777 g/mol. The first-order valence-corrected chi connectivity index (χ1v) is 21.0. The van der Waals surface area contributed by atoms with Crippen LogP contribution in [-0.4, -0.2) is 0 Å². The van der Waals surface area contributed by atoms with E-state index in [1.54, 1.807) is 0 Å². The van der Waals surface area contributed by atoms with Crippen LogP contribution in [-0.2, 0) is 5.41 Å². The molecule has 0 unspecified atom stereocenters. The van der Waals surface area contributed by atoms with Gasteiger partial charge in [0.25, 0.3) is 0 Å². The summed E-state index contributed by atoms with van der Waals surface area (Å²) in [4.78, 5) is 2.36. The van der Waals surface area contributed by atoms with Crippen LogP contribution in [0.4, 0.5) is 17.1 Å². The maximum atomic E-state index is 7.01. The molecule has 0 saturated carbocycles. The molecule has 0 saturated heterocycles. The molecular weight excluding hydrogens is 739 g/mol. The Kier molecular flexibility index (Phi) is 8.11. The van der Waals surface area contributed by atoms with Crippen LogP contribution >= 0.6 is 0 Å². The third-order valence-corrected chi connectivity index (χ3v) is 12.8. The van der Waals surface area contributed by atoms with E-state index in [-0.39, 0.29) is 0 Å². The molecule has 0 bridgehead atoms. The Bertz CT molecular complexity index is 3360. The fourth-order valence-electron chi connectivity index (χ4n) is 10.2. The van der Waals surface area contributed by atoms with Crippen LogP contribution in [0.25, 0.3) is 66.1 Å². The van der Waals surface area contributed by atoms with Crippen LogP contribution in [0.2, 0.25) is 0 Å². The molecule has 12 rings (SSSR count). The van der Waals surface area contributed by atoms with E-state index in [1.165, 1.54) is 55.3 Å². The third kappa shape index (κ3) is 5.36. The van der Waals surface area contributed by atoms with E-state index in [0.29, 0.717) is 0 Å². The summed E-state index contributed by atoms with van der Waals surface area (Å²) in [5, 5.41) is 4.56. The number of fused-ring (bicyclic) bond motifs is 7. The Balaban J connectivity index is 1.10. The Hall–Kier alpha value is -7.94. The van der Waals surface area contributed by atoms with Crippen molar-refractivity contribution in [3.05, 3.63) is 259 Å². The van der Waals surface area contributed by atoms with Crippen molar-refractivity contribution in [2.75, 3.05) is 4.90 Å². The summed E-state index contributed by atoms with van der Waals surface area (Å²) < 4.78 is 7.01. The topological polar surface area (TPSA) is 16.4 Å². The van der Waals surface area contributed by atoms with Gasteiger partial charge in [-0.1, -0.05) is 194 Å². The van der Waals surface area contributed by atoms with Gasteiger partial charge >= 0.3 is 0 Å². The van der Waals surface area contributed by atoms with E-state index in [4.69, 9.17) is 4.42 Å². The Morgan fingerprint density at radius 3 is 1.56 bits per heavy atom. The average Bonchev–Trinajstić information content (AvgIpc) is 3.88. The van der Waals surface area contributed by atoms with Crippen molar-refractivity contribution in [1.29, 1.82) is 0 Å². The number of hydrogen-bond donors (Lipinski definition) is 0. The first-order valence-electron chi connectivity index (χ1n) is 21.0. The Labute approximate surface area is 355 Å². The summed E-state index contributed by atoms with van der Waals surface area (Å²) in [5.41, 5.74) is 16.7. The second kappa shape index (κ2) is 14.1. The first-order chi connectivity index (χ1) is 30.3. The number of nitrogens with zero attached hydrogens (tertiary/aromatic N) is 1. The smallest absolute Gasteiger partial charge is 0.145 e. The van der Waals surface area contributed by atoms with E-state index < -0.39 is 5.41 Å². The molecule has 0 aliphatic heterocycles. The lowest BCUT2D eigenvalue weighted by Gasteiger charge is -2.35. The van der Waals surface area contributed by atoms with Crippen molar-refractivity contribution < 1.29 is 4.42 Å². The normalized spacial score (nSPS) is 12.7. The molecule has 0 radical (unpaired) electrons. The zero-order chi connectivity index (χ0) is 40.3. The minimum absolute atomic E-state index is 0.517. The standard InChI is InChI=1S/C59H39NO/c1-4-18-40(19-5-1)41-32-34-44(35-33-41)60(43-22-8-3-9-23-43)55-39-37-50(58-57(55)51-28-14-17-31-56(51)61-58)46-36-38-54(47-25-11-10-24-45(46)47)59(42-20-6-2-7-21-42)52-29-15-12-26-48(52)49-27-13-16-30-53(49)59/h1-39H. The van der Waals surface area contributed by atoms with Crippen LogP contribution < -0.4 is 4.90 Å². The van der Waals surface area contributed by atoms with Crippen LogP contribution in [0, 0.1) is 0 Å². The molecule has 0 atom stereocenters. The molecule has 0 fully saturated rings. The molecule has 286 valence electrons. The molecule has 10 aromatic carbocycles. The zero-order valence-corrected chi connectivity index (χ0v) is 33.4. The number of rotatable bonds is 7. The molecule has 1 aliphatic rings. The summed E-state index contributed by atoms with van der Waals surface area (Å²) >= 11 is 0. The molecule has 1 aromatic heterocycles. The van der Waals surface area contributed by atoms with Crippen molar-refractivity contribution in [3.8, 4) is 33.4 Å². The summed E-state index contributed by atoms with van der Waals surface area (Å²) in [6, 6.07) is 85.8. The number of para-hydroxylation sites is 2. The summed E-state index contributed by atoms with van der Waals surface area (Å²) in [5.74, 6) is 0. The lowest BCUT2D eigenvalue weighted by atomic mass is 9.66. The zero-order valence-electron chi connectivity index (χ0n) is 33.4. The minimum Gasteiger partial charge on any atom is -0.455 e. The Morgan fingerprint density at radius 2 is 0.852 bits per heavy atom. The fraction of sp³-hybridized carbons (Fsp3) is 0.0169. The van der Waals surface area contributed by atoms with E-state index in [0.717, 1.165) is 50.1 Å². The van der Waals surface area contributed by atoms with Gasteiger partial charge in [0.2, 0.25) is 0 Å². The summed E-state index contributed by atoms with van der Waals surface area (Å²) in [7, 11) is 0. The van der Waals surface area contributed by atoms with Gasteiger partial charge in [0.05, 0.1) is 16.5 Å². The highest BCUT2D eigenvalue weighted by Crippen LogP contribution is 2.58. The van der Waals surface area contributed by atoms with Crippen LogP contribution in [0.1, 0.15) is 22.3 Å².